The van der Waals surface area contributed by atoms with E-state index in [-0.39, 0.29) is 5.78 Å². The lowest BCUT2D eigenvalue weighted by molar-refractivity contribution is -0.116. The van der Waals surface area contributed by atoms with Gasteiger partial charge in [0, 0.05) is 17.8 Å². The van der Waals surface area contributed by atoms with Crippen LogP contribution in [0.3, 0.4) is 0 Å². The summed E-state index contributed by atoms with van der Waals surface area (Å²) in [4.78, 5) is 18.3. The summed E-state index contributed by atoms with van der Waals surface area (Å²) in [5.41, 5.74) is 0.941. The number of ketones is 1. The van der Waals surface area contributed by atoms with Gasteiger partial charge < -0.3 is 0 Å². The van der Waals surface area contributed by atoms with Crippen LogP contribution in [0.15, 0.2) is 5.38 Å². The Morgan fingerprint density at radius 3 is 3.00 bits per heavy atom. The molecule has 1 aliphatic rings. The minimum atomic E-state index is 0.191. The monoisotopic (exact) mass is 266 g/mol. The number of nitrogens with zero attached hydrogens (tertiary/aromatic N) is 2. The molecule has 1 unspecified atom stereocenters. The van der Waals surface area contributed by atoms with Crippen LogP contribution in [0.5, 0.6) is 0 Å². The molecule has 1 aromatic rings. The molecule has 1 saturated heterocycles. The number of carbonyl (C=O) groups is 1. The zero-order chi connectivity index (χ0) is 13.1. The molecule has 0 saturated carbocycles. The molecular weight excluding hydrogens is 244 g/mol. The van der Waals surface area contributed by atoms with E-state index < -0.39 is 0 Å². The number of rotatable bonds is 4. The Morgan fingerprint density at radius 1 is 1.56 bits per heavy atom. The predicted molar refractivity (Wildman–Crippen MR) is 74.9 cm³/mol. The van der Waals surface area contributed by atoms with Crippen LogP contribution in [-0.4, -0.2) is 28.3 Å². The lowest BCUT2D eigenvalue weighted by Crippen LogP contribution is -2.38. The first kappa shape index (κ1) is 13.7. The smallest absolute Gasteiger partial charge is 0.135 e. The van der Waals surface area contributed by atoms with Gasteiger partial charge in [-0.3, -0.25) is 9.69 Å². The maximum atomic E-state index is 11.1. The molecule has 100 valence electrons. The zero-order valence-corrected chi connectivity index (χ0v) is 12.3. The number of carbonyl (C=O) groups excluding carboxylic acids is 1. The molecule has 1 aromatic heterocycles. The van der Waals surface area contributed by atoms with E-state index in [0.29, 0.717) is 18.5 Å². The minimum absolute atomic E-state index is 0.191. The van der Waals surface area contributed by atoms with Gasteiger partial charge in [-0.15, -0.1) is 11.3 Å². The number of Topliss-reactive ketones (excluding diaryl/α,β-unsaturated/α-hetero) is 1. The van der Waals surface area contributed by atoms with E-state index in [9.17, 15) is 4.79 Å². The van der Waals surface area contributed by atoms with Crippen molar-refractivity contribution in [1.82, 2.24) is 9.88 Å². The normalized spacial score (nSPS) is 21.4. The molecule has 4 heteroatoms. The van der Waals surface area contributed by atoms with E-state index in [0.717, 1.165) is 5.69 Å². The summed E-state index contributed by atoms with van der Waals surface area (Å²) in [5.74, 6) is 0.191. The Balaban J connectivity index is 2.13. The van der Waals surface area contributed by atoms with E-state index in [1.165, 1.54) is 30.8 Å². The van der Waals surface area contributed by atoms with Crippen molar-refractivity contribution >= 4 is 17.1 Å². The summed E-state index contributed by atoms with van der Waals surface area (Å²) in [6.07, 6.45) is 4.26. The minimum Gasteiger partial charge on any atom is -0.300 e. The summed E-state index contributed by atoms with van der Waals surface area (Å²) in [6, 6.07) is 1.03. The fourth-order valence-electron chi connectivity index (χ4n) is 2.65. The van der Waals surface area contributed by atoms with Crippen molar-refractivity contribution in [2.45, 2.75) is 58.5 Å². The number of aromatic nitrogens is 1. The van der Waals surface area contributed by atoms with Crippen LogP contribution >= 0.6 is 11.3 Å². The van der Waals surface area contributed by atoms with Crippen LogP contribution in [0, 0.1) is 0 Å². The fourth-order valence-corrected chi connectivity index (χ4v) is 3.62. The van der Waals surface area contributed by atoms with Crippen LogP contribution in [-0.2, 0) is 11.2 Å². The van der Waals surface area contributed by atoms with Crippen molar-refractivity contribution in [1.29, 1.82) is 0 Å². The van der Waals surface area contributed by atoms with Gasteiger partial charge in [-0.25, -0.2) is 4.98 Å². The quantitative estimate of drug-likeness (QED) is 0.839. The Labute approximate surface area is 113 Å². The predicted octanol–water partition coefficient (Wildman–Crippen LogP) is 3.21. The highest BCUT2D eigenvalue weighted by atomic mass is 32.1. The SMILES string of the molecule is CC(=O)Cc1csc(C2CCCCN2C(C)C)n1. The van der Waals surface area contributed by atoms with Gasteiger partial charge in [0.15, 0.2) is 0 Å². The third-order valence-electron chi connectivity index (χ3n) is 3.49. The van der Waals surface area contributed by atoms with E-state index in [1.807, 2.05) is 5.38 Å². The summed E-state index contributed by atoms with van der Waals surface area (Å²) >= 11 is 1.71. The molecule has 1 aliphatic heterocycles. The van der Waals surface area contributed by atoms with Crippen LogP contribution in [0.4, 0.5) is 0 Å². The topological polar surface area (TPSA) is 33.2 Å². The number of piperidine rings is 1. The van der Waals surface area contributed by atoms with Crippen molar-refractivity contribution in [3.05, 3.63) is 16.1 Å². The second kappa shape index (κ2) is 5.93. The molecule has 0 amide bonds. The average Bonchev–Trinajstić information content (AvgIpc) is 2.76. The Kier molecular flexibility index (Phi) is 4.51. The van der Waals surface area contributed by atoms with Gasteiger partial charge in [0.05, 0.1) is 11.7 Å². The number of thiazole rings is 1. The molecule has 3 nitrogen and oxygen atoms in total. The number of likely N-dealkylation sites (tertiary alicyclic amines) is 1. The summed E-state index contributed by atoms with van der Waals surface area (Å²) in [6.45, 7) is 7.30. The molecule has 2 heterocycles. The Morgan fingerprint density at radius 2 is 2.33 bits per heavy atom. The van der Waals surface area contributed by atoms with Crippen molar-refractivity contribution in [2.75, 3.05) is 6.54 Å². The molecule has 2 rings (SSSR count). The Bertz CT molecular complexity index is 414. The summed E-state index contributed by atoms with van der Waals surface area (Å²) < 4.78 is 0. The average molecular weight is 266 g/mol. The highest BCUT2D eigenvalue weighted by Gasteiger charge is 2.28. The van der Waals surface area contributed by atoms with Crippen LogP contribution < -0.4 is 0 Å². The van der Waals surface area contributed by atoms with Crippen molar-refractivity contribution in [2.24, 2.45) is 0 Å². The van der Waals surface area contributed by atoms with Gasteiger partial charge in [0.25, 0.3) is 0 Å². The first-order valence-corrected chi connectivity index (χ1v) is 7.65. The molecule has 1 fully saturated rings. The van der Waals surface area contributed by atoms with Gasteiger partial charge >= 0.3 is 0 Å². The molecule has 1 atom stereocenters. The highest BCUT2D eigenvalue weighted by molar-refractivity contribution is 7.09. The third-order valence-corrected chi connectivity index (χ3v) is 4.49. The maximum absolute atomic E-state index is 11.1. The third kappa shape index (κ3) is 3.18. The van der Waals surface area contributed by atoms with Crippen molar-refractivity contribution < 1.29 is 4.79 Å². The lowest BCUT2D eigenvalue weighted by atomic mass is 10.0. The molecule has 18 heavy (non-hydrogen) atoms. The highest BCUT2D eigenvalue weighted by Crippen LogP contribution is 2.34. The summed E-state index contributed by atoms with van der Waals surface area (Å²) in [5, 5.41) is 3.24. The van der Waals surface area contributed by atoms with Crippen molar-refractivity contribution in [3.63, 3.8) is 0 Å². The first-order valence-electron chi connectivity index (χ1n) is 6.77. The van der Waals surface area contributed by atoms with E-state index in [2.05, 4.69) is 23.7 Å². The molecule has 0 aromatic carbocycles. The number of hydrogen-bond acceptors (Lipinski definition) is 4. The van der Waals surface area contributed by atoms with Gasteiger partial charge in [-0.1, -0.05) is 6.42 Å². The zero-order valence-electron chi connectivity index (χ0n) is 11.5. The molecule has 0 spiro atoms. The molecule has 0 radical (unpaired) electrons. The van der Waals surface area contributed by atoms with Gasteiger partial charge in [-0.2, -0.15) is 0 Å². The fraction of sp³-hybridized carbons (Fsp3) is 0.714. The van der Waals surface area contributed by atoms with Gasteiger partial charge in [0.1, 0.15) is 10.8 Å². The molecule has 0 aliphatic carbocycles. The molecular formula is C14H22N2OS. The van der Waals surface area contributed by atoms with E-state index in [4.69, 9.17) is 0 Å². The van der Waals surface area contributed by atoms with Crippen LogP contribution in [0.1, 0.15) is 56.8 Å². The van der Waals surface area contributed by atoms with E-state index in [1.54, 1.807) is 18.3 Å². The number of hydrogen-bond donors (Lipinski definition) is 0. The van der Waals surface area contributed by atoms with Gasteiger partial charge in [-0.05, 0) is 40.2 Å². The summed E-state index contributed by atoms with van der Waals surface area (Å²) in [7, 11) is 0. The van der Waals surface area contributed by atoms with Crippen molar-refractivity contribution in [3.8, 4) is 0 Å². The largest absolute Gasteiger partial charge is 0.300 e. The van der Waals surface area contributed by atoms with E-state index >= 15 is 0 Å². The second-order valence-corrected chi connectivity index (χ2v) is 6.29. The van der Waals surface area contributed by atoms with Crippen LogP contribution in [0.2, 0.25) is 0 Å². The van der Waals surface area contributed by atoms with Gasteiger partial charge in [0.2, 0.25) is 0 Å². The lowest BCUT2D eigenvalue weighted by Gasteiger charge is -2.37. The molecule has 0 bridgehead atoms. The first-order chi connectivity index (χ1) is 8.58. The second-order valence-electron chi connectivity index (χ2n) is 5.40. The standard InChI is InChI=1S/C14H22N2OS/c1-10(2)16-7-5-4-6-13(16)14-15-12(9-18-14)8-11(3)17/h9-10,13H,4-8H2,1-3H3. The molecule has 0 N–H and O–H groups in total. The van der Waals surface area contributed by atoms with Crippen LogP contribution in [0.25, 0.3) is 0 Å². The Hall–Kier alpha value is -0.740. The maximum Gasteiger partial charge on any atom is 0.135 e.